The lowest BCUT2D eigenvalue weighted by Gasteiger charge is -2.25. The van der Waals surface area contributed by atoms with E-state index in [1.807, 2.05) is 0 Å². The molecule has 1 aliphatic rings. The van der Waals surface area contributed by atoms with Crippen LogP contribution in [-0.4, -0.2) is 48.0 Å². The molecular weight excluding hydrogens is 583 g/mol. The van der Waals surface area contributed by atoms with E-state index in [0.717, 1.165) is 38.2 Å². The summed E-state index contributed by atoms with van der Waals surface area (Å²) in [6, 6.07) is 3.81. The van der Waals surface area contributed by atoms with Crippen molar-refractivity contribution in [3.05, 3.63) is 34.5 Å². The SMILES string of the molecule is Cc1c(C(=O)NCC(C)(C)O)cc(-c2ccc(S(=O)(=O)NC(C)(C)C)c(Cl)c2OC(F)(F)F)n1CC1CCCCC1. The van der Waals surface area contributed by atoms with Crippen LogP contribution in [0.1, 0.15) is 82.8 Å². The lowest BCUT2D eigenvalue weighted by atomic mass is 9.89. The highest BCUT2D eigenvalue weighted by molar-refractivity contribution is 7.89. The Kier molecular flexibility index (Phi) is 9.84. The lowest BCUT2D eigenvalue weighted by molar-refractivity contribution is -0.274. The van der Waals surface area contributed by atoms with Crippen molar-refractivity contribution in [2.45, 2.75) is 103 Å². The van der Waals surface area contributed by atoms with Gasteiger partial charge in [-0.1, -0.05) is 30.9 Å². The summed E-state index contributed by atoms with van der Waals surface area (Å²) in [7, 11) is -4.32. The Bertz CT molecular complexity index is 1370. The van der Waals surface area contributed by atoms with Crippen LogP contribution >= 0.6 is 11.6 Å². The Labute approximate surface area is 244 Å². The zero-order valence-electron chi connectivity index (χ0n) is 24.2. The molecule has 1 aliphatic carbocycles. The highest BCUT2D eigenvalue weighted by Gasteiger charge is 2.37. The molecule has 0 aliphatic heterocycles. The van der Waals surface area contributed by atoms with Crippen LogP contribution < -0.4 is 14.8 Å². The smallest absolute Gasteiger partial charge is 0.403 e. The van der Waals surface area contributed by atoms with Crippen LogP contribution in [0.3, 0.4) is 0 Å². The Hall–Kier alpha value is -2.28. The highest BCUT2D eigenvalue weighted by Crippen LogP contribution is 2.44. The summed E-state index contributed by atoms with van der Waals surface area (Å²) in [5.41, 5.74) is -1.26. The number of amides is 1. The van der Waals surface area contributed by atoms with Crippen LogP contribution in [0.25, 0.3) is 11.3 Å². The number of aliphatic hydroxyl groups is 1. The molecule has 41 heavy (non-hydrogen) atoms. The number of alkyl halides is 3. The Morgan fingerprint density at radius 2 is 1.73 bits per heavy atom. The van der Waals surface area contributed by atoms with E-state index in [9.17, 15) is 31.5 Å². The molecule has 0 saturated heterocycles. The summed E-state index contributed by atoms with van der Waals surface area (Å²) in [6.45, 7) is 9.93. The van der Waals surface area contributed by atoms with Crippen LogP contribution in [0.4, 0.5) is 13.2 Å². The van der Waals surface area contributed by atoms with Crippen LogP contribution in [-0.2, 0) is 16.6 Å². The molecule has 1 fully saturated rings. The minimum absolute atomic E-state index is 0.0456. The molecule has 1 aromatic carbocycles. The summed E-state index contributed by atoms with van der Waals surface area (Å²) in [6.07, 6.45) is -0.155. The molecule has 0 unspecified atom stereocenters. The number of hydrogen-bond acceptors (Lipinski definition) is 5. The maximum atomic E-state index is 13.7. The molecule has 0 radical (unpaired) electrons. The van der Waals surface area contributed by atoms with Gasteiger partial charge in [0.1, 0.15) is 9.92 Å². The minimum atomic E-state index is -5.18. The summed E-state index contributed by atoms with van der Waals surface area (Å²) < 4.78 is 75.7. The van der Waals surface area contributed by atoms with Gasteiger partial charge in [0.05, 0.1) is 16.9 Å². The second-order valence-electron chi connectivity index (χ2n) is 12.3. The van der Waals surface area contributed by atoms with Crippen molar-refractivity contribution in [1.29, 1.82) is 0 Å². The van der Waals surface area contributed by atoms with Crippen molar-refractivity contribution in [2.24, 2.45) is 5.92 Å². The molecule has 13 heteroatoms. The third kappa shape index (κ3) is 8.86. The van der Waals surface area contributed by atoms with Crippen molar-refractivity contribution in [3.63, 3.8) is 0 Å². The van der Waals surface area contributed by atoms with E-state index < -0.39 is 49.1 Å². The summed E-state index contributed by atoms with van der Waals surface area (Å²) in [5, 5.41) is 12.0. The van der Waals surface area contributed by atoms with E-state index in [2.05, 4.69) is 14.8 Å². The van der Waals surface area contributed by atoms with Crippen molar-refractivity contribution >= 4 is 27.5 Å². The first-order valence-corrected chi connectivity index (χ1v) is 15.4. The van der Waals surface area contributed by atoms with Crippen LogP contribution in [0.15, 0.2) is 23.1 Å². The first kappa shape index (κ1) is 33.2. The number of halogens is 4. The molecule has 1 heterocycles. The van der Waals surface area contributed by atoms with Crippen LogP contribution in [0, 0.1) is 12.8 Å². The van der Waals surface area contributed by atoms with Gasteiger partial charge in [-0.25, -0.2) is 13.1 Å². The molecule has 0 atom stereocenters. The number of carbonyl (C=O) groups excluding carboxylic acids is 1. The van der Waals surface area contributed by atoms with Gasteiger partial charge in [0.25, 0.3) is 5.91 Å². The van der Waals surface area contributed by atoms with Gasteiger partial charge in [-0.05, 0) is 78.5 Å². The Morgan fingerprint density at radius 1 is 1.12 bits per heavy atom. The molecule has 0 spiro atoms. The van der Waals surface area contributed by atoms with Crippen molar-refractivity contribution < 1.29 is 36.2 Å². The predicted molar refractivity (Wildman–Crippen MR) is 152 cm³/mol. The molecule has 230 valence electrons. The average Bonchev–Trinajstić information content (AvgIpc) is 3.12. The third-order valence-electron chi connectivity index (χ3n) is 6.74. The number of nitrogens with zero attached hydrogens (tertiary/aromatic N) is 1. The Balaban J connectivity index is 2.23. The van der Waals surface area contributed by atoms with E-state index in [1.165, 1.54) is 26.0 Å². The third-order valence-corrected chi connectivity index (χ3v) is 9.03. The van der Waals surface area contributed by atoms with E-state index in [1.54, 1.807) is 32.3 Å². The van der Waals surface area contributed by atoms with Crippen molar-refractivity contribution in [2.75, 3.05) is 6.54 Å². The van der Waals surface area contributed by atoms with Gasteiger partial charge in [-0.3, -0.25) is 4.79 Å². The number of sulfonamides is 1. The monoisotopic (exact) mass is 621 g/mol. The molecule has 1 aromatic heterocycles. The van der Waals surface area contributed by atoms with E-state index in [-0.39, 0.29) is 29.3 Å². The van der Waals surface area contributed by atoms with Crippen LogP contribution in [0.5, 0.6) is 5.75 Å². The van der Waals surface area contributed by atoms with Gasteiger partial charge >= 0.3 is 6.36 Å². The molecular formula is C28H39ClF3N3O5S. The number of aromatic nitrogens is 1. The fourth-order valence-corrected chi connectivity index (χ4v) is 6.97. The van der Waals surface area contributed by atoms with Crippen molar-refractivity contribution in [3.8, 4) is 17.0 Å². The summed E-state index contributed by atoms with van der Waals surface area (Å²) in [4.78, 5) is 12.6. The first-order valence-electron chi connectivity index (χ1n) is 13.5. The number of benzene rings is 1. The largest absolute Gasteiger partial charge is 0.573 e. The quantitative estimate of drug-likeness (QED) is 0.310. The van der Waals surface area contributed by atoms with Gasteiger partial charge in [-0.2, -0.15) is 0 Å². The molecule has 8 nitrogen and oxygen atoms in total. The minimum Gasteiger partial charge on any atom is -0.403 e. The Morgan fingerprint density at radius 3 is 2.27 bits per heavy atom. The summed E-state index contributed by atoms with van der Waals surface area (Å²) in [5.74, 6) is -1.15. The predicted octanol–water partition coefficient (Wildman–Crippen LogP) is 6.17. The lowest BCUT2D eigenvalue weighted by Crippen LogP contribution is -2.40. The molecule has 1 saturated carbocycles. The van der Waals surface area contributed by atoms with Gasteiger partial charge in [0, 0.05) is 29.9 Å². The molecule has 3 rings (SSSR count). The zero-order chi connectivity index (χ0) is 31.0. The topological polar surface area (TPSA) is 110 Å². The standard InChI is InChI=1S/C28H39ClF3N3O5S/c1-17-20(25(36)33-16-27(5,6)37)14-21(35(17)15-18-10-8-7-9-11-18)19-12-13-22(41(38,39)34-26(2,3)4)23(29)24(19)40-28(30,31)32/h12-14,18,34,37H,7-11,15-16H2,1-6H3,(H,33,36). The summed E-state index contributed by atoms with van der Waals surface area (Å²) >= 11 is 6.38. The molecule has 1 amide bonds. The molecule has 0 bridgehead atoms. The van der Waals surface area contributed by atoms with Crippen molar-refractivity contribution in [1.82, 2.24) is 14.6 Å². The number of nitrogens with one attached hydrogen (secondary N) is 2. The number of carbonyl (C=O) groups is 1. The van der Waals surface area contributed by atoms with Gasteiger partial charge in [0.15, 0.2) is 5.75 Å². The maximum Gasteiger partial charge on any atom is 0.573 e. The van der Waals surface area contributed by atoms with Gasteiger partial charge < -0.3 is 19.7 Å². The fraction of sp³-hybridized carbons (Fsp3) is 0.607. The fourth-order valence-electron chi connectivity index (χ4n) is 4.97. The first-order chi connectivity index (χ1) is 18.7. The van der Waals surface area contributed by atoms with E-state index >= 15 is 0 Å². The zero-order valence-corrected chi connectivity index (χ0v) is 25.8. The number of ether oxygens (including phenoxy) is 1. The molecule has 2 aromatic rings. The normalized spacial score (nSPS) is 15.7. The van der Waals surface area contributed by atoms with Gasteiger partial charge in [0.2, 0.25) is 10.0 Å². The van der Waals surface area contributed by atoms with Crippen LogP contribution in [0.2, 0.25) is 5.02 Å². The second-order valence-corrected chi connectivity index (χ2v) is 14.3. The maximum absolute atomic E-state index is 13.7. The highest BCUT2D eigenvalue weighted by atomic mass is 35.5. The second kappa shape index (κ2) is 12.1. The van der Waals surface area contributed by atoms with E-state index in [0.29, 0.717) is 12.2 Å². The number of hydrogen-bond donors (Lipinski definition) is 3. The molecule has 3 N–H and O–H groups in total. The number of rotatable bonds is 9. The average molecular weight is 622 g/mol. The van der Waals surface area contributed by atoms with Gasteiger partial charge in [-0.15, -0.1) is 13.2 Å². The van der Waals surface area contributed by atoms with E-state index in [4.69, 9.17) is 11.6 Å².